The van der Waals surface area contributed by atoms with Gasteiger partial charge in [0.15, 0.2) is 11.5 Å². The molecule has 0 aliphatic heterocycles. The van der Waals surface area contributed by atoms with Crippen molar-refractivity contribution in [3.8, 4) is 11.5 Å². The molecule has 4 nitrogen and oxygen atoms in total. The third kappa shape index (κ3) is 3.62. The number of phenolic OH excluding ortho intramolecular Hbond substituents is 1. The Kier molecular flexibility index (Phi) is 4.39. The van der Waals surface area contributed by atoms with Crippen molar-refractivity contribution >= 4 is 17.7 Å². The van der Waals surface area contributed by atoms with Crippen LogP contribution in [0, 0.1) is 0 Å². The van der Waals surface area contributed by atoms with Crippen LogP contribution >= 0.6 is 0 Å². The Morgan fingerprint density at radius 1 is 1.20 bits per heavy atom. The van der Waals surface area contributed by atoms with Gasteiger partial charge in [0.1, 0.15) is 0 Å². The minimum absolute atomic E-state index is 0.0164. The molecule has 0 spiro atoms. The molecule has 20 heavy (non-hydrogen) atoms. The molecular weight excluding hydrogens is 254 g/mol. The smallest absolute Gasteiger partial charge is 0.248 e. The summed E-state index contributed by atoms with van der Waals surface area (Å²) in [6, 6.07) is 14.2. The van der Waals surface area contributed by atoms with Gasteiger partial charge in [-0.1, -0.05) is 30.3 Å². The van der Waals surface area contributed by atoms with Crippen molar-refractivity contribution in [2.75, 3.05) is 12.4 Å². The third-order valence-corrected chi connectivity index (χ3v) is 2.67. The van der Waals surface area contributed by atoms with E-state index in [4.69, 9.17) is 4.74 Å². The molecule has 2 aromatic rings. The van der Waals surface area contributed by atoms with Crippen LogP contribution in [0.2, 0.25) is 0 Å². The molecule has 0 saturated carbocycles. The normalized spacial score (nSPS) is 10.4. The van der Waals surface area contributed by atoms with Crippen molar-refractivity contribution in [1.82, 2.24) is 0 Å². The summed E-state index contributed by atoms with van der Waals surface area (Å²) in [7, 11) is 1.47. The molecule has 0 fully saturated rings. The van der Waals surface area contributed by atoms with Crippen LogP contribution < -0.4 is 10.1 Å². The minimum Gasteiger partial charge on any atom is -0.504 e. The number of aromatic hydroxyl groups is 1. The lowest BCUT2D eigenvalue weighted by atomic mass is 10.2. The van der Waals surface area contributed by atoms with Crippen molar-refractivity contribution in [3.05, 3.63) is 60.2 Å². The Morgan fingerprint density at radius 2 is 1.95 bits per heavy atom. The summed E-state index contributed by atoms with van der Waals surface area (Å²) in [4.78, 5) is 11.7. The second kappa shape index (κ2) is 6.43. The Balaban J connectivity index is 2.01. The number of amides is 1. The Bertz CT molecular complexity index is 621. The number of methoxy groups -OCH3 is 1. The van der Waals surface area contributed by atoms with Gasteiger partial charge < -0.3 is 15.2 Å². The molecule has 2 N–H and O–H groups in total. The van der Waals surface area contributed by atoms with E-state index in [-0.39, 0.29) is 11.7 Å². The molecule has 0 atom stereocenters. The van der Waals surface area contributed by atoms with Gasteiger partial charge in [0.2, 0.25) is 5.91 Å². The van der Waals surface area contributed by atoms with Crippen LogP contribution in [0.1, 0.15) is 5.56 Å². The zero-order valence-corrected chi connectivity index (χ0v) is 11.0. The molecule has 102 valence electrons. The molecule has 2 rings (SSSR count). The van der Waals surface area contributed by atoms with Crippen molar-refractivity contribution < 1.29 is 14.6 Å². The van der Waals surface area contributed by atoms with Gasteiger partial charge in [-0.15, -0.1) is 0 Å². The van der Waals surface area contributed by atoms with Crippen molar-refractivity contribution in [1.29, 1.82) is 0 Å². The maximum absolute atomic E-state index is 11.7. The number of carbonyl (C=O) groups excluding carboxylic acids is 1. The lowest BCUT2D eigenvalue weighted by molar-refractivity contribution is -0.111. The molecule has 0 radical (unpaired) electrons. The molecule has 0 aromatic heterocycles. The predicted octanol–water partition coefficient (Wildman–Crippen LogP) is 3.05. The summed E-state index contributed by atoms with van der Waals surface area (Å²) in [6.07, 6.45) is 3.16. The molecule has 0 saturated heterocycles. The summed E-state index contributed by atoms with van der Waals surface area (Å²) in [5.41, 5.74) is 1.45. The van der Waals surface area contributed by atoms with Gasteiger partial charge in [0.05, 0.1) is 7.11 Å². The number of ether oxygens (including phenoxy) is 1. The minimum atomic E-state index is -0.265. The summed E-state index contributed by atoms with van der Waals surface area (Å²) >= 11 is 0. The van der Waals surface area contributed by atoms with Crippen LogP contribution in [0.15, 0.2) is 54.6 Å². The van der Waals surface area contributed by atoms with Gasteiger partial charge in [-0.3, -0.25) is 4.79 Å². The Hall–Kier alpha value is -2.75. The Labute approximate surface area is 117 Å². The molecule has 0 heterocycles. The van der Waals surface area contributed by atoms with Crippen LogP contribution in [-0.2, 0) is 4.79 Å². The molecular formula is C16H15NO3. The van der Waals surface area contributed by atoms with E-state index >= 15 is 0 Å². The highest BCUT2D eigenvalue weighted by Gasteiger charge is 2.03. The average molecular weight is 269 g/mol. The zero-order chi connectivity index (χ0) is 14.4. The second-order valence-corrected chi connectivity index (χ2v) is 4.12. The van der Waals surface area contributed by atoms with Crippen molar-refractivity contribution in [2.24, 2.45) is 0 Å². The Morgan fingerprint density at radius 3 is 2.60 bits per heavy atom. The molecule has 0 bridgehead atoms. The highest BCUT2D eigenvalue weighted by atomic mass is 16.5. The van der Waals surface area contributed by atoms with Crippen LogP contribution in [-0.4, -0.2) is 18.1 Å². The topological polar surface area (TPSA) is 58.6 Å². The van der Waals surface area contributed by atoms with Crippen molar-refractivity contribution in [2.45, 2.75) is 0 Å². The van der Waals surface area contributed by atoms with Crippen LogP contribution in [0.25, 0.3) is 6.08 Å². The van der Waals surface area contributed by atoms with E-state index in [2.05, 4.69) is 5.32 Å². The first-order valence-electron chi connectivity index (χ1n) is 6.10. The summed E-state index contributed by atoms with van der Waals surface area (Å²) in [5, 5.41) is 12.3. The van der Waals surface area contributed by atoms with Gasteiger partial charge >= 0.3 is 0 Å². The maximum atomic E-state index is 11.7. The van der Waals surface area contributed by atoms with E-state index in [1.54, 1.807) is 18.2 Å². The maximum Gasteiger partial charge on any atom is 0.248 e. The number of phenols is 1. The van der Waals surface area contributed by atoms with Gasteiger partial charge in [-0.2, -0.15) is 0 Å². The lowest BCUT2D eigenvalue weighted by Crippen LogP contribution is -2.07. The molecule has 2 aromatic carbocycles. The molecule has 4 heteroatoms. The van der Waals surface area contributed by atoms with Crippen molar-refractivity contribution in [3.63, 3.8) is 0 Å². The monoisotopic (exact) mass is 269 g/mol. The summed E-state index contributed by atoms with van der Waals surface area (Å²) < 4.78 is 4.93. The number of hydrogen-bond acceptors (Lipinski definition) is 3. The standard InChI is InChI=1S/C16H15NO3/c1-20-15-9-8-13(11-14(15)18)17-16(19)10-7-12-5-3-2-4-6-12/h2-11,18H,1H3,(H,17,19)/b10-7+. The van der Waals surface area contributed by atoms with E-state index < -0.39 is 0 Å². The number of rotatable bonds is 4. The average Bonchev–Trinajstić information content (AvgIpc) is 2.46. The first-order valence-corrected chi connectivity index (χ1v) is 6.10. The second-order valence-electron chi connectivity index (χ2n) is 4.12. The fraction of sp³-hybridized carbons (Fsp3) is 0.0625. The summed E-state index contributed by atoms with van der Waals surface area (Å²) in [6.45, 7) is 0. The van der Waals surface area contributed by atoms with Crippen LogP contribution in [0.5, 0.6) is 11.5 Å². The van der Waals surface area contributed by atoms with E-state index in [1.165, 1.54) is 19.3 Å². The number of benzene rings is 2. The van der Waals surface area contributed by atoms with Crippen LogP contribution in [0.4, 0.5) is 5.69 Å². The lowest BCUT2D eigenvalue weighted by Gasteiger charge is -2.06. The van der Waals surface area contributed by atoms with Gasteiger partial charge in [0, 0.05) is 17.8 Å². The summed E-state index contributed by atoms with van der Waals surface area (Å²) in [5.74, 6) is 0.0820. The van der Waals surface area contributed by atoms with Gasteiger partial charge in [-0.25, -0.2) is 0 Å². The van der Waals surface area contributed by atoms with E-state index in [0.717, 1.165) is 5.56 Å². The zero-order valence-electron chi connectivity index (χ0n) is 11.0. The fourth-order valence-electron chi connectivity index (χ4n) is 1.69. The number of carbonyl (C=O) groups is 1. The third-order valence-electron chi connectivity index (χ3n) is 2.67. The van der Waals surface area contributed by atoms with E-state index in [1.807, 2.05) is 30.3 Å². The fourth-order valence-corrected chi connectivity index (χ4v) is 1.69. The first-order chi connectivity index (χ1) is 9.69. The van der Waals surface area contributed by atoms with Crippen LogP contribution in [0.3, 0.4) is 0 Å². The molecule has 0 aliphatic rings. The largest absolute Gasteiger partial charge is 0.504 e. The number of anilines is 1. The van der Waals surface area contributed by atoms with Gasteiger partial charge in [-0.05, 0) is 23.8 Å². The molecule has 1 amide bonds. The first kappa shape index (κ1) is 13.7. The van der Waals surface area contributed by atoms with E-state index in [0.29, 0.717) is 11.4 Å². The highest BCUT2D eigenvalue weighted by molar-refractivity contribution is 6.02. The SMILES string of the molecule is COc1ccc(NC(=O)/C=C/c2ccccc2)cc1O. The predicted molar refractivity (Wildman–Crippen MR) is 78.8 cm³/mol. The van der Waals surface area contributed by atoms with E-state index in [9.17, 15) is 9.90 Å². The molecule has 0 aliphatic carbocycles. The molecule has 0 unspecified atom stereocenters. The van der Waals surface area contributed by atoms with Gasteiger partial charge in [0.25, 0.3) is 0 Å². The number of hydrogen-bond donors (Lipinski definition) is 2. The highest BCUT2D eigenvalue weighted by Crippen LogP contribution is 2.28. The number of nitrogens with one attached hydrogen (secondary N) is 1. The quantitative estimate of drug-likeness (QED) is 0.839.